The summed E-state index contributed by atoms with van der Waals surface area (Å²) in [5.74, 6) is 1.01. The van der Waals surface area contributed by atoms with Crippen LogP contribution in [-0.4, -0.2) is 22.8 Å². The Morgan fingerprint density at radius 1 is 1.04 bits per heavy atom. The summed E-state index contributed by atoms with van der Waals surface area (Å²) in [6.07, 6.45) is 1.26. The third-order valence-electron chi connectivity index (χ3n) is 3.24. The lowest BCUT2D eigenvalue weighted by atomic mass is 10.1. The normalized spacial score (nSPS) is 10.4. The van der Waals surface area contributed by atoms with Crippen LogP contribution in [0.4, 0.5) is 0 Å². The van der Waals surface area contributed by atoms with Gasteiger partial charge in [-0.05, 0) is 61.4 Å². The van der Waals surface area contributed by atoms with Crippen LogP contribution in [0.2, 0.25) is 0 Å². The topological polar surface area (TPSA) is 74.5 Å². The summed E-state index contributed by atoms with van der Waals surface area (Å²) in [6, 6.07) is 12.6. The van der Waals surface area contributed by atoms with Gasteiger partial charge in [-0.3, -0.25) is 0 Å². The molecule has 0 saturated carbocycles. The van der Waals surface area contributed by atoms with Crippen LogP contribution in [-0.2, 0) is 4.79 Å². The van der Waals surface area contributed by atoms with E-state index in [1.807, 2.05) is 32.0 Å². The number of hydrogen-bond acceptors (Lipinski definition) is 6. The van der Waals surface area contributed by atoms with Gasteiger partial charge in [0, 0.05) is 5.56 Å². The van der Waals surface area contributed by atoms with Gasteiger partial charge in [-0.15, -0.1) is 10.2 Å². The van der Waals surface area contributed by atoms with Crippen molar-refractivity contribution in [3.05, 3.63) is 60.0 Å². The first-order valence-electron chi connectivity index (χ1n) is 7.38. The summed E-state index contributed by atoms with van der Waals surface area (Å²) in [5.41, 5.74) is 2.91. The standard InChI is InChI=1S/C18H16N2O4/c1-12-7-13(2)9-16(8-12)22-10-17(21)24-15-5-3-14(4-6-15)18-20-19-11-23-18/h3-9,11H,10H2,1-2H3. The van der Waals surface area contributed by atoms with E-state index in [9.17, 15) is 4.79 Å². The maximum Gasteiger partial charge on any atom is 0.349 e. The van der Waals surface area contributed by atoms with Crippen molar-refractivity contribution in [2.75, 3.05) is 6.61 Å². The maximum absolute atomic E-state index is 11.9. The number of nitrogens with zero attached hydrogens (tertiary/aromatic N) is 2. The van der Waals surface area contributed by atoms with E-state index in [4.69, 9.17) is 13.9 Å². The van der Waals surface area contributed by atoms with Gasteiger partial charge >= 0.3 is 5.97 Å². The highest BCUT2D eigenvalue weighted by Gasteiger charge is 2.08. The van der Waals surface area contributed by atoms with Crippen molar-refractivity contribution < 1.29 is 18.7 Å². The Morgan fingerprint density at radius 3 is 2.38 bits per heavy atom. The molecular formula is C18H16N2O4. The van der Waals surface area contributed by atoms with Gasteiger partial charge in [-0.1, -0.05) is 6.07 Å². The third kappa shape index (κ3) is 3.98. The molecule has 3 rings (SSSR count). The van der Waals surface area contributed by atoms with Crippen LogP contribution < -0.4 is 9.47 Å². The van der Waals surface area contributed by atoms with Crippen LogP contribution in [0.1, 0.15) is 11.1 Å². The van der Waals surface area contributed by atoms with Crippen molar-refractivity contribution in [3.63, 3.8) is 0 Å². The lowest BCUT2D eigenvalue weighted by Crippen LogP contribution is -2.17. The molecule has 0 saturated heterocycles. The molecule has 1 aromatic heterocycles. The molecule has 3 aromatic rings. The van der Waals surface area contributed by atoms with Crippen LogP contribution in [0.5, 0.6) is 11.5 Å². The number of aromatic nitrogens is 2. The van der Waals surface area contributed by atoms with Crippen molar-refractivity contribution in [1.29, 1.82) is 0 Å². The zero-order valence-electron chi connectivity index (χ0n) is 13.4. The molecule has 0 fully saturated rings. The number of ether oxygens (including phenoxy) is 2. The summed E-state index contributed by atoms with van der Waals surface area (Å²) in [6.45, 7) is 3.79. The van der Waals surface area contributed by atoms with Crippen LogP contribution >= 0.6 is 0 Å². The Morgan fingerprint density at radius 2 is 1.75 bits per heavy atom. The number of carbonyl (C=O) groups excluding carboxylic acids is 1. The Bertz CT molecular complexity index is 806. The van der Waals surface area contributed by atoms with Gasteiger partial charge < -0.3 is 13.9 Å². The minimum atomic E-state index is -0.473. The Hall–Kier alpha value is -3.15. The fraction of sp³-hybridized carbons (Fsp3) is 0.167. The van der Waals surface area contributed by atoms with Gasteiger partial charge in [-0.25, -0.2) is 4.79 Å². The molecule has 24 heavy (non-hydrogen) atoms. The van der Waals surface area contributed by atoms with Gasteiger partial charge in [0.05, 0.1) is 0 Å². The molecule has 0 aliphatic carbocycles. The van der Waals surface area contributed by atoms with E-state index < -0.39 is 5.97 Å². The van der Waals surface area contributed by atoms with Gasteiger partial charge in [-0.2, -0.15) is 0 Å². The lowest BCUT2D eigenvalue weighted by molar-refractivity contribution is -0.136. The molecule has 0 spiro atoms. The molecule has 122 valence electrons. The molecule has 0 bridgehead atoms. The van der Waals surface area contributed by atoms with Gasteiger partial charge in [0.15, 0.2) is 6.61 Å². The van der Waals surface area contributed by atoms with Gasteiger partial charge in [0.2, 0.25) is 12.3 Å². The van der Waals surface area contributed by atoms with E-state index in [0.29, 0.717) is 17.4 Å². The lowest BCUT2D eigenvalue weighted by Gasteiger charge is -2.08. The molecular weight excluding hydrogens is 308 g/mol. The molecule has 0 radical (unpaired) electrons. The highest BCUT2D eigenvalue weighted by Crippen LogP contribution is 2.20. The maximum atomic E-state index is 11.9. The van der Waals surface area contributed by atoms with Crippen LogP contribution in [0.25, 0.3) is 11.5 Å². The zero-order valence-corrected chi connectivity index (χ0v) is 13.4. The first-order valence-corrected chi connectivity index (χ1v) is 7.38. The molecule has 2 aromatic carbocycles. The molecule has 0 aliphatic heterocycles. The third-order valence-corrected chi connectivity index (χ3v) is 3.24. The van der Waals surface area contributed by atoms with E-state index in [2.05, 4.69) is 10.2 Å². The first kappa shape index (κ1) is 15.7. The van der Waals surface area contributed by atoms with Gasteiger partial charge in [0.1, 0.15) is 11.5 Å². The quantitative estimate of drug-likeness (QED) is 0.529. The highest BCUT2D eigenvalue weighted by molar-refractivity contribution is 5.74. The highest BCUT2D eigenvalue weighted by atomic mass is 16.6. The molecule has 6 heteroatoms. The van der Waals surface area contributed by atoms with Crippen molar-refractivity contribution in [2.45, 2.75) is 13.8 Å². The molecule has 0 unspecified atom stereocenters. The van der Waals surface area contributed by atoms with E-state index in [0.717, 1.165) is 16.7 Å². The molecule has 0 N–H and O–H groups in total. The number of hydrogen-bond donors (Lipinski definition) is 0. The van der Waals surface area contributed by atoms with E-state index in [1.165, 1.54) is 6.39 Å². The number of carbonyl (C=O) groups is 1. The van der Waals surface area contributed by atoms with E-state index in [-0.39, 0.29) is 6.61 Å². The fourth-order valence-corrected chi connectivity index (χ4v) is 2.28. The average molecular weight is 324 g/mol. The van der Waals surface area contributed by atoms with Crippen LogP contribution in [0, 0.1) is 13.8 Å². The number of esters is 1. The average Bonchev–Trinajstić information content (AvgIpc) is 3.07. The molecule has 1 heterocycles. The minimum absolute atomic E-state index is 0.158. The summed E-state index contributed by atoms with van der Waals surface area (Å²) in [5, 5.41) is 7.43. The second-order valence-corrected chi connectivity index (χ2v) is 5.35. The summed E-state index contributed by atoms with van der Waals surface area (Å²) < 4.78 is 15.8. The summed E-state index contributed by atoms with van der Waals surface area (Å²) in [7, 11) is 0. The SMILES string of the molecule is Cc1cc(C)cc(OCC(=O)Oc2ccc(-c3nnco3)cc2)c1. The number of benzene rings is 2. The summed E-state index contributed by atoms with van der Waals surface area (Å²) >= 11 is 0. The Kier molecular flexibility index (Phi) is 4.56. The van der Waals surface area contributed by atoms with Gasteiger partial charge in [0.25, 0.3) is 0 Å². The van der Waals surface area contributed by atoms with Crippen molar-refractivity contribution in [2.24, 2.45) is 0 Å². The van der Waals surface area contributed by atoms with E-state index >= 15 is 0 Å². The Balaban J connectivity index is 1.56. The van der Waals surface area contributed by atoms with Crippen molar-refractivity contribution in [1.82, 2.24) is 10.2 Å². The molecule has 6 nitrogen and oxygen atoms in total. The van der Waals surface area contributed by atoms with Crippen LogP contribution in [0.15, 0.2) is 53.3 Å². The molecule has 0 atom stereocenters. The predicted octanol–water partition coefficient (Wildman–Crippen LogP) is 3.34. The zero-order chi connectivity index (χ0) is 16.9. The smallest absolute Gasteiger partial charge is 0.349 e. The van der Waals surface area contributed by atoms with Crippen molar-refractivity contribution in [3.8, 4) is 23.0 Å². The van der Waals surface area contributed by atoms with E-state index in [1.54, 1.807) is 24.3 Å². The molecule has 0 aliphatic rings. The summed E-state index contributed by atoms with van der Waals surface area (Å²) in [4.78, 5) is 11.9. The number of aryl methyl sites for hydroxylation is 2. The largest absolute Gasteiger partial charge is 0.482 e. The van der Waals surface area contributed by atoms with Crippen molar-refractivity contribution >= 4 is 5.97 Å². The monoisotopic (exact) mass is 324 g/mol. The molecule has 0 amide bonds. The second kappa shape index (κ2) is 6.95. The minimum Gasteiger partial charge on any atom is -0.482 e. The first-order chi connectivity index (χ1) is 11.6. The second-order valence-electron chi connectivity index (χ2n) is 5.35. The number of rotatable bonds is 5. The Labute approximate surface area is 139 Å². The van der Waals surface area contributed by atoms with Crippen LogP contribution in [0.3, 0.4) is 0 Å². The predicted molar refractivity (Wildman–Crippen MR) is 86.8 cm³/mol. The fourth-order valence-electron chi connectivity index (χ4n) is 2.28.